The molecule has 6 rings (SSSR count). The lowest BCUT2D eigenvalue weighted by molar-refractivity contribution is -0.334. The minimum atomic E-state index is -2.22. The Balaban J connectivity index is 1.62. The van der Waals surface area contributed by atoms with Gasteiger partial charge >= 0.3 is 17.9 Å². The molecule has 1 unspecified atom stereocenters. The lowest BCUT2D eigenvalue weighted by Crippen LogP contribution is -2.78. The third kappa shape index (κ3) is 2.78. The van der Waals surface area contributed by atoms with E-state index in [1.807, 2.05) is 6.92 Å². The molecule has 0 amide bonds. The molecule has 4 saturated carbocycles. The van der Waals surface area contributed by atoms with E-state index in [2.05, 4.69) is 0 Å². The Labute approximate surface area is 231 Å². The van der Waals surface area contributed by atoms with Crippen LogP contribution in [0.25, 0.3) is 0 Å². The molecule has 1 aromatic heterocycles. The molecule has 0 spiro atoms. The Morgan fingerprint density at radius 1 is 1.18 bits per heavy atom. The highest BCUT2D eigenvalue weighted by molar-refractivity contribution is 5.74. The van der Waals surface area contributed by atoms with Gasteiger partial charge in [-0.15, -0.1) is 0 Å². The average molecular weight is 563 g/mol. The highest BCUT2D eigenvalue weighted by Gasteiger charge is 2.92. The average Bonchev–Trinajstić information content (AvgIpc) is 3.49. The first-order valence-electron chi connectivity index (χ1n) is 13.9. The molecule has 5 aliphatic rings. The first-order chi connectivity index (χ1) is 18.6. The van der Waals surface area contributed by atoms with Crippen LogP contribution in [0.1, 0.15) is 71.5 Å². The molecule has 40 heavy (non-hydrogen) atoms. The van der Waals surface area contributed by atoms with Crippen molar-refractivity contribution in [3.8, 4) is 0 Å². The second-order valence-electron chi connectivity index (χ2n) is 13.5. The van der Waals surface area contributed by atoms with Crippen molar-refractivity contribution in [1.82, 2.24) is 0 Å². The fourth-order valence-corrected chi connectivity index (χ4v) is 10.7. The molecule has 12 atom stereocenters. The zero-order valence-corrected chi connectivity index (χ0v) is 23.4. The maximum atomic E-state index is 13.2. The number of aliphatic hydroxyl groups excluding tert-OH is 2. The van der Waals surface area contributed by atoms with E-state index in [0.717, 1.165) is 0 Å². The molecular formula is C29H38O11. The normalized spacial score (nSPS) is 52.4. The van der Waals surface area contributed by atoms with Crippen LogP contribution in [0.4, 0.5) is 0 Å². The van der Waals surface area contributed by atoms with Crippen LogP contribution in [0, 0.1) is 34.0 Å². The summed E-state index contributed by atoms with van der Waals surface area (Å²) < 4.78 is 22.2. The maximum Gasteiger partial charge on any atom is 0.309 e. The molecule has 2 bridgehead atoms. The fourth-order valence-electron chi connectivity index (χ4n) is 10.7. The third-order valence-corrected chi connectivity index (χ3v) is 12.2. The van der Waals surface area contributed by atoms with Gasteiger partial charge < -0.3 is 39.1 Å². The summed E-state index contributed by atoms with van der Waals surface area (Å²) in [5.74, 6) is -4.84. The van der Waals surface area contributed by atoms with E-state index in [9.17, 15) is 34.8 Å². The number of methoxy groups -OCH3 is 1. The molecule has 2 heterocycles. The monoisotopic (exact) mass is 562 g/mol. The highest BCUT2D eigenvalue weighted by Crippen LogP contribution is 2.83. The molecule has 11 heteroatoms. The van der Waals surface area contributed by atoms with Crippen LogP contribution >= 0.6 is 0 Å². The van der Waals surface area contributed by atoms with Crippen LogP contribution in [-0.2, 0) is 28.6 Å². The van der Waals surface area contributed by atoms with E-state index in [1.54, 1.807) is 19.9 Å². The van der Waals surface area contributed by atoms with Crippen molar-refractivity contribution in [1.29, 1.82) is 0 Å². The molecule has 1 aromatic rings. The van der Waals surface area contributed by atoms with Crippen LogP contribution in [0.3, 0.4) is 0 Å². The molecule has 1 saturated heterocycles. The van der Waals surface area contributed by atoms with Gasteiger partial charge in [0.25, 0.3) is 0 Å². The van der Waals surface area contributed by atoms with Crippen molar-refractivity contribution in [2.24, 2.45) is 34.0 Å². The molecule has 0 radical (unpaired) electrons. The van der Waals surface area contributed by atoms with Gasteiger partial charge in [-0.3, -0.25) is 14.4 Å². The Morgan fingerprint density at radius 3 is 2.48 bits per heavy atom. The minimum absolute atomic E-state index is 0.0435. The Hall–Kier alpha value is -2.47. The van der Waals surface area contributed by atoms with Crippen LogP contribution in [0.5, 0.6) is 0 Å². The number of esters is 3. The SMILES string of the molecule is COC(=O)C[C@H]1[C@@]2(C)C[C@]3(OC(C)=O)[C@H]([C@@H](O)[C@@H]2O)[C@@]2(O)C(CC[C@@]4(C)[C@H](c5ccoc5)OC(=O)C[C@@]42O)[C@]13C. The number of furan rings is 1. The van der Waals surface area contributed by atoms with Crippen molar-refractivity contribution in [3.63, 3.8) is 0 Å². The number of aliphatic hydroxyl groups is 4. The van der Waals surface area contributed by atoms with Gasteiger partial charge in [0.05, 0.1) is 44.2 Å². The standard InChI is InChI=1S/C29H38O11/c1-14(30)40-27-13-24(2)17(10-18(31)37-5)26(27,4)16-6-8-25(3)23(15-7-9-38-12-15)39-19(32)11-28(25,35)29(16,36)21(27)20(33)22(24)34/h7,9,12,16-17,20-23,33-36H,6,8,10-11,13H2,1-5H3/t16?,17-,20+,21-,22-,23-,24+,25-,26+,27-,28+,29-/m0/s1. The fraction of sp³-hybridized carbons (Fsp3) is 0.759. The summed E-state index contributed by atoms with van der Waals surface area (Å²) in [5.41, 5.74) is -8.95. The van der Waals surface area contributed by atoms with Crippen molar-refractivity contribution < 1.29 is 53.4 Å². The maximum absolute atomic E-state index is 13.2. The van der Waals surface area contributed by atoms with Crippen LogP contribution in [0.2, 0.25) is 0 Å². The predicted octanol–water partition coefficient (Wildman–Crippen LogP) is 1.41. The number of hydrogen-bond donors (Lipinski definition) is 4. The first-order valence-corrected chi connectivity index (χ1v) is 13.9. The van der Waals surface area contributed by atoms with E-state index >= 15 is 0 Å². The van der Waals surface area contributed by atoms with Crippen molar-refractivity contribution in [3.05, 3.63) is 24.2 Å². The molecule has 0 aromatic carbocycles. The number of carbonyl (C=O) groups excluding carboxylic acids is 3. The van der Waals surface area contributed by atoms with Crippen molar-refractivity contribution in [2.45, 2.75) is 94.9 Å². The smallest absolute Gasteiger partial charge is 0.309 e. The first kappa shape index (κ1) is 27.7. The summed E-state index contributed by atoms with van der Waals surface area (Å²) in [6, 6.07) is 1.63. The topological polar surface area (TPSA) is 173 Å². The molecule has 5 fully saturated rings. The summed E-state index contributed by atoms with van der Waals surface area (Å²) in [6.07, 6.45) is -1.29. The summed E-state index contributed by atoms with van der Waals surface area (Å²) in [4.78, 5) is 38.7. The number of rotatable bonds is 4. The molecule has 11 nitrogen and oxygen atoms in total. The van der Waals surface area contributed by atoms with Crippen molar-refractivity contribution >= 4 is 17.9 Å². The molecule has 220 valence electrons. The van der Waals surface area contributed by atoms with Crippen LogP contribution in [0.15, 0.2) is 23.0 Å². The van der Waals surface area contributed by atoms with Crippen LogP contribution in [-0.4, -0.2) is 74.5 Å². The number of carbonyl (C=O) groups is 3. The number of hydrogen-bond acceptors (Lipinski definition) is 11. The number of ether oxygens (including phenoxy) is 3. The summed E-state index contributed by atoms with van der Waals surface area (Å²) in [6.45, 7) is 6.55. The van der Waals surface area contributed by atoms with Gasteiger partial charge in [0, 0.05) is 41.1 Å². The van der Waals surface area contributed by atoms with E-state index in [1.165, 1.54) is 26.6 Å². The molecule has 4 aliphatic carbocycles. The Kier molecular flexibility index (Phi) is 5.60. The van der Waals surface area contributed by atoms with E-state index in [0.29, 0.717) is 18.4 Å². The largest absolute Gasteiger partial charge is 0.472 e. The second-order valence-corrected chi connectivity index (χ2v) is 13.5. The highest BCUT2D eigenvalue weighted by atomic mass is 16.6. The molecule has 4 N–H and O–H groups in total. The van der Waals surface area contributed by atoms with Crippen LogP contribution < -0.4 is 0 Å². The van der Waals surface area contributed by atoms with E-state index in [4.69, 9.17) is 18.6 Å². The third-order valence-electron chi connectivity index (χ3n) is 12.2. The summed E-state index contributed by atoms with van der Waals surface area (Å²) in [5, 5.41) is 49.4. The van der Waals surface area contributed by atoms with Gasteiger partial charge in [-0.1, -0.05) is 20.8 Å². The lowest BCUT2D eigenvalue weighted by Gasteiger charge is -2.66. The zero-order valence-electron chi connectivity index (χ0n) is 23.4. The Bertz CT molecular complexity index is 1260. The summed E-state index contributed by atoms with van der Waals surface area (Å²) in [7, 11) is 1.26. The predicted molar refractivity (Wildman–Crippen MR) is 134 cm³/mol. The number of fused-ring (bicyclic) bond motifs is 6. The molecule has 1 aliphatic heterocycles. The zero-order chi connectivity index (χ0) is 29.3. The molecular weight excluding hydrogens is 524 g/mol. The Morgan fingerprint density at radius 2 is 1.88 bits per heavy atom. The van der Waals surface area contributed by atoms with E-state index in [-0.39, 0.29) is 12.8 Å². The lowest BCUT2D eigenvalue weighted by atomic mass is 9.44. The van der Waals surface area contributed by atoms with Gasteiger partial charge in [0.2, 0.25) is 0 Å². The summed E-state index contributed by atoms with van der Waals surface area (Å²) >= 11 is 0. The quantitative estimate of drug-likeness (QED) is 0.309. The van der Waals surface area contributed by atoms with Gasteiger partial charge in [0.1, 0.15) is 22.9 Å². The van der Waals surface area contributed by atoms with Gasteiger partial charge in [-0.05, 0) is 31.2 Å². The van der Waals surface area contributed by atoms with Gasteiger partial charge in [-0.2, -0.15) is 0 Å². The number of cyclic esters (lactones) is 1. The second kappa shape index (κ2) is 8.08. The van der Waals surface area contributed by atoms with Crippen molar-refractivity contribution in [2.75, 3.05) is 7.11 Å². The van der Waals surface area contributed by atoms with E-state index < -0.39 is 93.4 Å². The van der Waals surface area contributed by atoms with Gasteiger partial charge in [-0.25, -0.2) is 0 Å². The van der Waals surface area contributed by atoms with Gasteiger partial charge in [0.15, 0.2) is 0 Å². The minimum Gasteiger partial charge on any atom is -0.472 e.